The standard InChI is InChI=1S/C18H21NO/c1-5-15-8-6-7-9-16(15)19-18(20)17-13(3)10-12(2)11-14(17)4/h6-11H,5H2,1-4H3,(H,19,20). The summed E-state index contributed by atoms with van der Waals surface area (Å²) in [5.41, 5.74) is 6.07. The number of hydrogen-bond donors (Lipinski definition) is 1. The van der Waals surface area contributed by atoms with Gasteiger partial charge in [-0.25, -0.2) is 0 Å². The van der Waals surface area contributed by atoms with Gasteiger partial charge in [-0.15, -0.1) is 0 Å². The molecule has 1 N–H and O–H groups in total. The normalized spacial score (nSPS) is 10.4. The lowest BCUT2D eigenvalue weighted by molar-refractivity contribution is 0.102. The van der Waals surface area contributed by atoms with Crippen molar-refractivity contribution in [1.29, 1.82) is 0 Å². The first-order valence-corrected chi connectivity index (χ1v) is 7.00. The van der Waals surface area contributed by atoms with Crippen molar-refractivity contribution in [3.8, 4) is 0 Å². The van der Waals surface area contributed by atoms with Crippen LogP contribution in [0.2, 0.25) is 0 Å². The number of benzene rings is 2. The van der Waals surface area contributed by atoms with Gasteiger partial charge in [0.15, 0.2) is 0 Å². The summed E-state index contributed by atoms with van der Waals surface area (Å²) in [6, 6.07) is 12.0. The van der Waals surface area contributed by atoms with E-state index in [0.717, 1.165) is 34.4 Å². The highest BCUT2D eigenvalue weighted by atomic mass is 16.1. The molecule has 20 heavy (non-hydrogen) atoms. The number of carbonyl (C=O) groups excluding carboxylic acids is 1. The van der Waals surface area contributed by atoms with Gasteiger partial charge in [0.2, 0.25) is 0 Å². The van der Waals surface area contributed by atoms with Crippen LogP contribution in [0.5, 0.6) is 0 Å². The van der Waals surface area contributed by atoms with Gasteiger partial charge in [-0.05, 0) is 49.9 Å². The summed E-state index contributed by atoms with van der Waals surface area (Å²) in [5, 5.41) is 3.04. The first-order chi connectivity index (χ1) is 9.52. The molecule has 2 aromatic carbocycles. The number of rotatable bonds is 3. The van der Waals surface area contributed by atoms with Crippen LogP contribution in [0, 0.1) is 20.8 Å². The van der Waals surface area contributed by atoms with Crippen molar-refractivity contribution < 1.29 is 4.79 Å². The zero-order valence-electron chi connectivity index (χ0n) is 12.6. The number of amides is 1. The molecule has 0 fully saturated rings. The van der Waals surface area contributed by atoms with Crippen molar-refractivity contribution in [2.75, 3.05) is 5.32 Å². The average Bonchev–Trinajstić information content (AvgIpc) is 2.38. The molecule has 2 nitrogen and oxygen atoms in total. The summed E-state index contributed by atoms with van der Waals surface area (Å²) < 4.78 is 0. The van der Waals surface area contributed by atoms with Gasteiger partial charge >= 0.3 is 0 Å². The van der Waals surface area contributed by atoms with Crippen molar-refractivity contribution in [2.24, 2.45) is 0 Å². The maximum absolute atomic E-state index is 12.5. The molecule has 0 aliphatic carbocycles. The summed E-state index contributed by atoms with van der Waals surface area (Å²) in [6.45, 7) is 8.11. The molecule has 0 saturated carbocycles. The Bertz CT molecular complexity index is 621. The predicted molar refractivity (Wildman–Crippen MR) is 84.4 cm³/mol. The number of hydrogen-bond acceptors (Lipinski definition) is 1. The molecule has 0 bridgehead atoms. The largest absolute Gasteiger partial charge is 0.322 e. The SMILES string of the molecule is CCc1ccccc1NC(=O)c1c(C)cc(C)cc1C. The van der Waals surface area contributed by atoms with Crippen LogP contribution < -0.4 is 5.32 Å². The third-order valence-electron chi connectivity index (χ3n) is 3.55. The number of nitrogens with one attached hydrogen (secondary N) is 1. The van der Waals surface area contributed by atoms with Crippen LogP contribution >= 0.6 is 0 Å². The van der Waals surface area contributed by atoms with Crippen molar-refractivity contribution in [1.82, 2.24) is 0 Å². The summed E-state index contributed by atoms with van der Waals surface area (Å²) in [5.74, 6) is -0.0269. The van der Waals surface area contributed by atoms with E-state index in [9.17, 15) is 4.79 Å². The molecule has 1 amide bonds. The molecule has 0 aliphatic heterocycles. The summed E-state index contributed by atoms with van der Waals surface area (Å²) in [4.78, 5) is 12.5. The topological polar surface area (TPSA) is 29.1 Å². The first-order valence-electron chi connectivity index (χ1n) is 7.00. The maximum Gasteiger partial charge on any atom is 0.256 e. The minimum absolute atomic E-state index is 0.0269. The van der Waals surface area contributed by atoms with Crippen LogP contribution in [0.3, 0.4) is 0 Å². The molecule has 104 valence electrons. The van der Waals surface area contributed by atoms with Crippen molar-refractivity contribution in [2.45, 2.75) is 34.1 Å². The highest BCUT2D eigenvalue weighted by molar-refractivity contribution is 6.06. The molecule has 0 radical (unpaired) electrons. The third-order valence-corrected chi connectivity index (χ3v) is 3.55. The van der Waals surface area contributed by atoms with Crippen LogP contribution in [0.4, 0.5) is 5.69 Å². The fourth-order valence-electron chi connectivity index (χ4n) is 2.67. The van der Waals surface area contributed by atoms with Crippen LogP contribution in [0.25, 0.3) is 0 Å². The molecule has 0 heterocycles. The lowest BCUT2D eigenvalue weighted by Crippen LogP contribution is -2.16. The van der Waals surface area contributed by atoms with Gasteiger partial charge in [-0.1, -0.05) is 42.8 Å². The minimum Gasteiger partial charge on any atom is -0.322 e. The van der Waals surface area contributed by atoms with E-state index in [4.69, 9.17) is 0 Å². The van der Waals surface area contributed by atoms with E-state index in [0.29, 0.717) is 0 Å². The molecule has 0 spiro atoms. The van der Waals surface area contributed by atoms with Crippen LogP contribution in [0.15, 0.2) is 36.4 Å². The second-order valence-electron chi connectivity index (χ2n) is 5.24. The number of anilines is 1. The fourth-order valence-corrected chi connectivity index (χ4v) is 2.67. The Hall–Kier alpha value is -2.09. The molecular formula is C18H21NO. The monoisotopic (exact) mass is 267 g/mol. The van der Waals surface area contributed by atoms with Gasteiger partial charge in [0.1, 0.15) is 0 Å². The van der Waals surface area contributed by atoms with Crippen LogP contribution in [-0.4, -0.2) is 5.91 Å². The van der Waals surface area contributed by atoms with Crippen molar-refractivity contribution in [3.05, 3.63) is 64.2 Å². The second-order valence-corrected chi connectivity index (χ2v) is 5.24. The number of aryl methyl sites for hydroxylation is 4. The Balaban J connectivity index is 2.34. The Morgan fingerprint density at radius 3 is 2.25 bits per heavy atom. The second kappa shape index (κ2) is 5.91. The Kier molecular flexibility index (Phi) is 4.23. The molecule has 2 rings (SSSR count). The van der Waals surface area contributed by atoms with Gasteiger partial charge in [0, 0.05) is 11.3 Å². The summed E-state index contributed by atoms with van der Waals surface area (Å²) in [6.07, 6.45) is 0.905. The van der Waals surface area contributed by atoms with E-state index in [1.807, 2.05) is 57.2 Å². The van der Waals surface area contributed by atoms with Crippen molar-refractivity contribution in [3.63, 3.8) is 0 Å². The molecule has 0 unspecified atom stereocenters. The van der Waals surface area contributed by atoms with E-state index in [1.54, 1.807) is 0 Å². The van der Waals surface area contributed by atoms with Crippen LogP contribution in [0.1, 0.15) is 39.5 Å². The Labute approximate surface area is 120 Å². The average molecular weight is 267 g/mol. The lowest BCUT2D eigenvalue weighted by atomic mass is 9.99. The van der Waals surface area contributed by atoms with E-state index >= 15 is 0 Å². The molecule has 0 aromatic heterocycles. The summed E-state index contributed by atoms with van der Waals surface area (Å²) >= 11 is 0. The fraction of sp³-hybridized carbons (Fsp3) is 0.278. The van der Waals surface area contributed by atoms with Crippen molar-refractivity contribution >= 4 is 11.6 Å². The van der Waals surface area contributed by atoms with E-state index in [2.05, 4.69) is 12.2 Å². The Morgan fingerprint density at radius 1 is 1.05 bits per heavy atom. The predicted octanol–water partition coefficient (Wildman–Crippen LogP) is 4.43. The maximum atomic E-state index is 12.5. The van der Waals surface area contributed by atoms with Gasteiger partial charge in [0.05, 0.1) is 0 Å². The van der Waals surface area contributed by atoms with Gasteiger partial charge in [-0.3, -0.25) is 4.79 Å². The smallest absolute Gasteiger partial charge is 0.256 e. The molecule has 2 heteroatoms. The van der Waals surface area contributed by atoms with Gasteiger partial charge in [0.25, 0.3) is 5.91 Å². The number of para-hydroxylation sites is 1. The molecular weight excluding hydrogens is 246 g/mol. The van der Waals surface area contributed by atoms with Crippen LogP contribution in [-0.2, 0) is 6.42 Å². The Morgan fingerprint density at radius 2 is 1.65 bits per heavy atom. The quantitative estimate of drug-likeness (QED) is 0.876. The first kappa shape index (κ1) is 14.3. The van der Waals surface area contributed by atoms with E-state index < -0.39 is 0 Å². The zero-order chi connectivity index (χ0) is 14.7. The molecule has 2 aromatic rings. The summed E-state index contributed by atoms with van der Waals surface area (Å²) in [7, 11) is 0. The lowest BCUT2D eigenvalue weighted by Gasteiger charge is -2.13. The number of carbonyl (C=O) groups is 1. The van der Waals surface area contributed by atoms with Gasteiger partial charge in [-0.2, -0.15) is 0 Å². The molecule has 0 atom stereocenters. The van der Waals surface area contributed by atoms with E-state index in [1.165, 1.54) is 5.56 Å². The third kappa shape index (κ3) is 2.90. The molecule has 0 saturated heterocycles. The zero-order valence-corrected chi connectivity index (χ0v) is 12.6. The van der Waals surface area contributed by atoms with Gasteiger partial charge < -0.3 is 5.32 Å². The minimum atomic E-state index is -0.0269. The highest BCUT2D eigenvalue weighted by Crippen LogP contribution is 2.20. The van der Waals surface area contributed by atoms with E-state index in [-0.39, 0.29) is 5.91 Å². The highest BCUT2D eigenvalue weighted by Gasteiger charge is 2.13. The molecule has 0 aliphatic rings.